The van der Waals surface area contributed by atoms with Crippen molar-refractivity contribution in [2.24, 2.45) is 5.92 Å². The van der Waals surface area contributed by atoms with Crippen LogP contribution in [0.15, 0.2) is 0 Å². The lowest BCUT2D eigenvalue weighted by atomic mass is 10.2. The Hall–Kier alpha value is -0.0800. The maximum absolute atomic E-state index is 3.54. The highest BCUT2D eigenvalue weighted by Gasteiger charge is 2.24. The van der Waals surface area contributed by atoms with E-state index in [1.807, 2.05) is 0 Å². The molecule has 0 amide bonds. The summed E-state index contributed by atoms with van der Waals surface area (Å²) >= 11 is 0. The smallest absolute Gasteiger partial charge is 0.0195 e. The molecule has 0 aromatic heterocycles. The Morgan fingerprint density at radius 3 is 2.50 bits per heavy atom. The second-order valence-corrected chi connectivity index (χ2v) is 5.13. The first kappa shape index (κ1) is 12.0. The van der Waals surface area contributed by atoms with Gasteiger partial charge < -0.3 is 5.32 Å². The van der Waals surface area contributed by atoms with Gasteiger partial charge in [-0.05, 0) is 45.7 Å². The highest BCUT2D eigenvalue weighted by molar-refractivity contribution is 4.80. The van der Waals surface area contributed by atoms with Gasteiger partial charge in [0, 0.05) is 18.6 Å². The molecule has 1 N–H and O–H groups in total. The van der Waals surface area contributed by atoms with Gasteiger partial charge in [-0.25, -0.2) is 0 Å². The third-order valence-electron chi connectivity index (χ3n) is 3.16. The number of nitrogens with zero attached hydrogens (tertiary/aromatic N) is 1. The van der Waals surface area contributed by atoms with E-state index in [2.05, 4.69) is 37.9 Å². The molecule has 1 rings (SSSR count). The Bertz CT molecular complexity index is 156. The summed E-state index contributed by atoms with van der Waals surface area (Å²) in [5.41, 5.74) is 0. The zero-order valence-corrected chi connectivity index (χ0v) is 10.2. The number of hydrogen-bond donors (Lipinski definition) is 1. The van der Waals surface area contributed by atoms with Crippen molar-refractivity contribution in [1.82, 2.24) is 10.2 Å². The van der Waals surface area contributed by atoms with Crippen LogP contribution in [-0.4, -0.2) is 36.6 Å². The van der Waals surface area contributed by atoms with Gasteiger partial charge in [-0.1, -0.05) is 13.8 Å². The van der Waals surface area contributed by atoms with Gasteiger partial charge in [0.2, 0.25) is 0 Å². The fourth-order valence-electron chi connectivity index (χ4n) is 2.31. The molecule has 1 fully saturated rings. The first-order valence-corrected chi connectivity index (χ1v) is 6.07. The van der Waals surface area contributed by atoms with Crippen molar-refractivity contribution in [2.45, 2.75) is 52.6 Å². The molecule has 0 aromatic carbocycles. The quantitative estimate of drug-likeness (QED) is 0.728. The predicted molar refractivity (Wildman–Crippen MR) is 62.6 cm³/mol. The fourth-order valence-corrected chi connectivity index (χ4v) is 2.31. The van der Waals surface area contributed by atoms with Gasteiger partial charge in [0.1, 0.15) is 0 Å². The third-order valence-corrected chi connectivity index (χ3v) is 3.16. The standard InChI is InChI=1S/C12H26N2/c1-10(2)8-13-9-12(4)14-7-5-6-11(14)3/h10-13H,5-9H2,1-4H3. The Labute approximate surface area is 89.1 Å². The summed E-state index contributed by atoms with van der Waals surface area (Å²) in [7, 11) is 0. The van der Waals surface area contributed by atoms with Gasteiger partial charge in [-0.2, -0.15) is 0 Å². The van der Waals surface area contributed by atoms with Crippen molar-refractivity contribution >= 4 is 0 Å². The average Bonchev–Trinajstić information content (AvgIpc) is 2.50. The van der Waals surface area contributed by atoms with Crippen LogP contribution in [0.3, 0.4) is 0 Å². The maximum Gasteiger partial charge on any atom is 0.0195 e. The summed E-state index contributed by atoms with van der Waals surface area (Å²) in [5.74, 6) is 0.762. The minimum absolute atomic E-state index is 0.700. The molecule has 0 bridgehead atoms. The lowest BCUT2D eigenvalue weighted by Gasteiger charge is -2.28. The molecule has 0 radical (unpaired) electrons. The van der Waals surface area contributed by atoms with E-state index in [9.17, 15) is 0 Å². The largest absolute Gasteiger partial charge is 0.315 e. The molecule has 0 saturated carbocycles. The highest BCUT2D eigenvalue weighted by Crippen LogP contribution is 2.18. The van der Waals surface area contributed by atoms with Crippen LogP contribution in [0.25, 0.3) is 0 Å². The van der Waals surface area contributed by atoms with E-state index in [1.165, 1.54) is 19.4 Å². The van der Waals surface area contributed by atoms with Crippen molar-refractivity contribution in [1.29, 1.82) is 0 Å². The van der Waals surface area contributed by atoms with Gasteiger partial charge in [-0.15, -0.1) is 0 Å². The number of likely N-dealkylation sites (tertiary alicyclic amines) is 1. The van der Waals surface area contributed by atoms with Crippen molar-refractivity contribution in [3.8, 4) is 0 Å². The average molecular weight is 198 g/mol. The molecule has 1 saturated heterocycles. The molecule has 2 atom stereocenters. The minimum atomic E-state index is 0.700. The van der Waals surface area contributed by atoms with E-state index in [0.717, 1.165) is 25.0 Å². The molecule has 2 unspecified atom stereocenters. The molecular formula is C12H26N2. The van der Waals surface area contributed by atoms with Crippen LogP contribution in [0.2, 0.25) is 0 Å². The van der Waals surface area contributed by atoms with Crippen molar-refractivity contribution in [3.63, 3.8) is 0 Å². The van der Waals surface area contributed by atoms with E-state index in [1.54, 1.807) is 0 Å². The maximum atomic E-state index is 3.54. The van der Waals surface area contributed by atoms with E-state index in [4.69, 9.17) is 0 Å². The van der Waals surface area contributed by atoms with Crippen LogP contribution >= 0.6 is 0 Å². The molecule has 1 aliphatic heterocycles. The van der Waals surface area contributed by atoms with Crippen LogP contribution in [0.1, 0.15) is 40.5 Å². The zero-order chi connectivity index (χ0) is 10.6. The highest BCUT2D eigenvalue weighted by atomic mass is 15.2. The van der Waals surface area contributed by atoms with E-state index >= 15 is 0 Å². The Balaban J connectivity index is 2.17. The molecule has 1 heterocycles. The lowest BCUT2D eigenvalue weighted by molar-refractivity contribution is 0.197. The van der Waals surface area contributed by atoms with Crippen molar-refractivity contribution in [3.05, 3.63) is 0 Å². The summed E-state index contributed by atoms with van der Waals surface area (Å²) in [5, 5.41) is 3.54. The van der Waals surface area contributed by atoms with Gasteiger partial charge in [0.25, 0.3) is 0 Å². The Morgan fingerprint density at radius 2 is 2.00 bits per heavy atom. The van der Waals surface area contributed by atoms with Crippen LogP contribution in [0, 0.1) is 5.92 Å². The first-order chi connectivity index (χ1) is 6.61. The number of rotatable bonds is 5. The summed E-state index contributed by atoms with van der Waals surface area (Å²) < 4.78 is 0. The Morgan fingerprint density at radius 1 is 1.29 bits per heavy atom. The van der Waals surface area contributed by atoms with Gasteiger partial charge in [0.15, 0.2) is 0 Å². The van der Waals surface area contributed by atoms with Gasteiger partial charge in [-0.3, -0.25) is 4.90 Å². The van der Waals surface area contributed by atoms with E-state index in [-0.39, 0.29) is 0 Å². The predicted octanol–water partition coefficient (Wildman–Crippen LogP) is 2.10. The first-order valence-electron chi connectivity index (χ1n) is 6.07. The molecule has 0 aliphatic carbocycles. The zero-order valence-electron chi connectivity index (χ0n) is 10.2. The van der Waals surface area contributed by atoms with Gasteiger partial charge >= 0.3 is 0 Å². The van der Waals surface area contributed by atoms with E-state index in [0.29, 0.717) is 6.04 Å². The molecule has 0 aromatic rings. The lowest BCUT2D eigenvalue weighted by Crippen LogP contribution is -2.42. The molecular weight excluding hydrogens is 172 g/mol. The second kappa shape index (κ2) is 5.72. The topological polar surface area (TPSA) is 15.3 Å². The normalized spacial score (nSPS) is 25.9. The van der Waals surface area contributed by atoms with Crippen LogP contribution in [-0.2, 0) is 0 Å². The molecule has 2 heteroatoms. The van der Waals surface area contributed by atoms with Crippen LogP contribution in [0.5, 0.6) is 0 Å². The van der Waals surface area contributed by atoms with Crippen LogP contribution < -0.4 is 5.32 Å². The molecule has 14 heavy (non-hydrogen) atoms. The monoisotopic (exact) mass is 198 g/mol. The molecule has 0 spiro atoms. The minimum Gasteiger partial charge on any atom is -0.315 e. The van der Waals surface area contributed by atoms with Gasteiger partial charge in [0.05, 0.1) is 0 Å². The Kier molecular flexibility index (Phi) is 4.90. The summed E-state index contributed by atoms with van der Waals surface area (Å²) in [6.07, 6.45) is 2.77. The number of hydrogen-bond acceptors (Lipinski definition) is 2. The number of nitrogens with one attached hydrogen (secondary N) is 1. The fraction of sp³-hybridized carbons (Fsp3) is 1.00. The summed E-state index contributed by atoms with van der Waals surface area (Å²) in [6.45, 7) is 12.8. The SMILES string of the molecule is CC(C)CNCC(C)N1CCCC1C. The summed E-state index contributed by atoms with van der Waals surface area (Å²) in [4.78, 5) is 2.63. The summed E-state index contributed by atoms with van der Waals surface area (Å²) in [6, 6.07) is 1.50. The van der Waals surface area contributed by atoms with Crippen molar-refractivity contribution < 1.29 is 0 Å². The molecule has 1 aliphatic rings. The molecule has 2 nitrogen and oxygen atoms in total. The third kappa shape index (κ3) is 3.58. The molecule has 84 valence electrons. The van der Waals surface area contributed by atoms with Crippen LogP contribution in [0.4, 0.5) is 0 Å². The van der Waals surface area contributed by atoms with E-state index < -0.39 is 0 Å². The second-order valence-electron chi connectivity index (χ2n) is 5.13. The van der Waals surface area contributed by atoms with Crippen molar-refractivity contribution in [2.75, 3.05) is 19.6 Å².